The molecule has 0 bridgehead atoms. The summed E-state index contributed by atoms with van der Waals surface area (Å²) in [5.41, 5.74) is 0. The Balaban J connectivity index is 4.28. The van der Waals surface area contributed by atoms with Crippen LogP contribution in [-0.2, 0) is 28.6 Å². The average molecular weight is 1010 g/mol. The fraction of sp³-hybridized carbons (Fsp3) is 0.657. The number of ether oxygens (including phenoxy) is 3. The van der Waals surface area contributed by atoms with E-state index < -0.39 is 6.10 Å². The summed E-state index contributed by atoms with van der Waals surface area (Å²) < 4.78 is 16.8. The van der Waals surface area contributed by atoms with E-state index in [-0.39, 0.29) is 31.1 Å². The van der Waals surface area contributed by atoms with E-state index in [2.05, 4.69) is 142 Å². The summed E-state index contributed by atoms with van der Waals surface area (Å²) in [6, 6.07) is 0. The first-order valence-electron chi connectivity index (χ1n) is 30.0. The first-order chi connectivity index (χ1) is 36.0. The van der Waals surface area contributed by atoms with Gasteiger partial charge in [-0.2, -0.15) is 0 Å². The molecule has 0 radical (unpaired) electrons. The molecule has 0 aromatic heterocycles. The highest BCUT2D eigenvalue weighted by Gasteiger charge is 2.19. The molecule has 0 amide bonds. The molecule has 6 nitrogen and oxygen atoms in total. The van der Waals surface area contributed by atoms with Gasteiger partial charge >= 0.3 is 17.9 Å². The van der Waals surface area contributed by atoms with E-state index >= 15 is 0 Å². The number of esters is 3. The molecule has 0 rings (SSSR count). The maximum Gasteiger partial charge on any atom is 0.306 e. The van der Waals surface area contributed by atoms with E-state index in [1.54, 1.807) is 0 Å². The van der Waals surface area contributed by atoms with Crippen LogP contribution in [0.4, 0.5) is 0 Å². The third-order valence-corrected chi connectivity index (χ3v) is 12.5. The van der Waals surface area contributed by atoms with Gasteiger partial charge in [0.1, 0.15) is 13.2 Å². The molecular formula is C67H110O6. The van der Waals surface area contributed by atoms with Gasteiger partial charge in [-0.05, 0) is 96.3 Å². The van der Waals surface area contributed by atoms with E-state index in [0.29, 0.717) is 19.3 Å². The van der Waals surface area contributed by atoms with Gasteiger partial charge in [0.25, 0.3) is 0 Å². The maximum atomic E-state index is 12.8. The lowest BCUT2D eigenvalue weighted by atomic mass is 10.0. The second-order valence-corrected chi connectivity index (χ2v) is 19.5. The molecule has 0 aliphatic carbocycles. The number of unbranched alkanes of at least 4 members (excludes halogenated alkanes) is 22. The number of hydrogen-bond acceptors (Lipinski definition) is 6. The lowest BCUT2D eigenvalue weighted by molar-refractivity contribution is -0.167. The minimum absolute atomic E-state index is 0.0900. The molecule has 0 aliphatic heterocycles. The third kappa shape index (κ3) is 58.6. The lowest BCUT2D eigenvalue weighted by Gasteiger charge is -2.18. The number of allylic oxidation sites excluding steroid dienone is 20. The van der Waals surface area contributed by atoms with E-state index in [0.717, 1.165) is 122 Å². The van der Waals surface area contributed by atoms with Gasteiger partial charge in [0, 0.05) is 19.3 Å². The molecular weight excluding hydrogens is 901 g/mol. The van der Waals surface area contributed by atoms with E-state index in [9.17, 15) is 14.4 Å². The second-order valence-electron chi connectivity index (χ2n) is 19.5. The summed E-state index contributed by atoms with van der Waals surface area (Å²) in [4.78, 5) is 38.0. The molecule has 0 aromatic rings. The van der Waals surface area contributed by atoms with Crippen LogP contribution in [0, 0.1) is 0 Å². The number of carbonyl (C=O) groups is 3. The Kier molecular flexibility index (Phi) is 56.9. The van der Waals surface area contributed by atoms with Crippen molar-refractivity contribution < 1.29 is 28.6 Å². The van der Waals surface area contributed by atoms with Crippen molar-refractivity contribution >= 4 is 17.9 Å². The first-order valence-corrected chi connectivity index (χ1v) is 30.0. The zero-order chi connectivity index (χ0) is 52.9. The van der Waals surface area contributed by atoms with Crippen LogP contribution in [0.1, 0.15) is 265 Å². The predicted molar refractivity (Wildman–Crippen MR) is 316 cm³/mol. The standard InChI is InChI=1S/C67H110O6/c1-4-7-10-13-16-19-22-24-25-26-27-28-29-30-31-32-33-34-35-36-37-38-39-40-41-42-43-44-46-48-51-54-57-60-66(69)72-63-64(62-71-65(68)59-56-53-50-47-21-18-15-12-9-6-3)73-67(70)61-58-55-52-49-45-23-20-17-14-11-8-5-2/h7,10,16,19,24-25,27-28,30-31,33-34,36-37,39-40,42-43,46,48,64H,4-6,8-9,11-15,17-18,20-23,26,29,32,35,38,41,44-45,47,49-63H2,1-3H3/b10-7-,19-16-,25-24-,28-27-,31-30-,34-33-,37-36-,40-39-,43-42-,48-46-. The fourth-order valence-electron chi connectivity index (χ4n) is 8.00. The van der Waals surface area contributed by atoms with Gasteiger partial charge in [-0.25, -0.2) is 0 Å². The summed E-state index contributed by atoms with van der Waals surface area (Å²) >= 11 is 0. The normalized spacial score (nSPS) is 13.0. The van der Waals surface area contributed by atoms with E-state index in [1.807, 2.05) is 0 Å². The van der Waals surface area contributed by atoms with Crippen molar-refractivity contribution in [1.82, 2.24) is 0 Å². The predicted octanol–water partition coefficient (Wildman–Crippen LogP) is 20.4. The monoisotopic (exact) mass is 1010 g/mol. The molecule has 0 N–H and O–H groups in total. The zero-order valence-electron chi connectivity index (χ0n) is 47.4. The van der Waals surface area contributed by atoms with Crippen molar-refractivity contribution in [3.63, 3.8) is 0 Å². The Morgan fingerprint density at radius 2 is 0.534 bits per heavy atom. The molecule has 1 unspecified atom stereocenters. The topological polar surface area (TPSA) is 78.9 Å². The van der Waals surface area contributed by atoms with Crippen LogP contribution < -0.4 is 0 Å². The smallest absolute Gasteiger partial charge is 0.306 e. The molecule has 0 fully saturated rings. The van der Waals surface area contributed by atoms with Gasteiger partial charge in [0.15, 0.2) is 6.10 Å². The van der Waals surface area contributed by atoms with Gasteiger partial charge in [0.05, 0.1) is 0 Å². The van der Waals surface area contributed by atoms with Gasteiger partial charge in [0.2, 0.25) is 0 Å². The van der Waals surface area contributed by atoms with Gasteiger partial charge in [-0.15, -0.1) is 0 Å². The molecule has 414 valence electrons. The fourth-order valence-corrected chi connectivity index (χ4v) is 8.00. The van der Waals surface area contributed by atoms with Crippen LogP contribution in [0.3, 0.4) is 0 Å². The molecule has 0 spiro atoms. The summed E-state index contributed by atoms with van der Waals surface area (Å²) in [6.45, 7) is 6.47. The highest BCUT2D eigenvalue weighted by atomic mass is 16.6. The molecule has 73 heavy (non-hydrogen) atoms. The second kappa shape index (κ2) is 60.4. The van der Waals surface area contributed by atoms with Crippen molar-refractivity contribution in [2.45, 2.75) is 271 Å². The van der Waals surface area contributed by atoms with Crippen molar-refractivity contribution in [3.8, 4) is 0 Å². The van der Waals surface area contributed by atoms with Crippen LogP contribution in [-0.4, -0.2) is 37.2 Å². The molecule has 0 heterocycles. The molecule has 0 aromatic carbocycles. The highest BCUT2D eigenvalue weighted by Crippen LogP contribution is 2.15. The molecule has 0 saturated heterocycles. The highest BCUT2D eigenvalue weighted by molar-refractivity contribution is 5.71. The minimum atomic E-state index is -0.793. The Morgan fingerprint density at radius 1 is 0.288 bits per heavy atom. The van der Waals surface area contributed by atoms with Crippen LogP contribution in [0.2, 0.25) is 0 Å². The van der Waals surface area contributed by atoms with Crippen LogP contribution >= 0.6 is 0 Å². The largest absolute Gasteiger partial charge is 0.462 e. The average Bonchev–Trinajstić information content (AvgIpc) is 3.39. The number of carbonyl (C=O) groups excluding carboxylic acids is 3. The van der Waals surface area contributed by atoms with Crippen LogP contribution in [0.25, 0.3) is 0 Å². The van der Waals surface area contributed by atoms with Crippen LogP contribution in [0.15, 0.2) is 122 Å². The molecule has 0 saturated carbocycles. The third-order valence-electron chi connectivity index (χ3n) is 12.5. The molecule has 0 aliphatic rings. The number of hydrogen-bond donors (Lipinski definition) is 0. The number of rotatable bonds is 53. The van der Waals surface area contributed by atoms with Crippen molar-refractivity contribution in [2.75, 3.05) is 13.2 Å². The van der Waals surface area contributed by atoms with Gasteiger partial charge in [-0.3, -0.25) is 14.4 Å². The van der Waals surface area contributed by atoms with Gasteiger partial charge in [-0.1, -0.05) is 271 Å². The van der Waals surface area contributed by atoms with E-state index in [4.69, 9.17) is 14.2 Å². The Hall–Kier alpha value is -4.19. The molecule has 6 heteroatoms. The summed E-state index contributed by atoms with van der Waals surface area (Å²) in [7, 11) is 0. The Morgan fingerprint density at radius 3 is 0.836 bits per heavy atom. The maximum absolute atomic E-state index is 12.8. The van der Waals surface area contributed by atoms with E-state index in [1.165, 1.54) is 103 Å². The summed E-state index contributed by atoms with van der Waals surface area (Å²) in [5, 5.41) is 0. The molecule has 1 atom stereocenters. The van der Waals surface area contributed by atoms with Crippen molar-refractivity contribution in [3.05, 3.63) is 122 Å². The minimum Gasteiger partial charge on any atom is -0.462 e. The lowest BCUT2D eigenvalue weighted by Crippen LogP contribution is -2.30. The summed E-state index contributed by atoms with van der Waals surface area (Å²) in [6.07, 6.45) is 83.5. The SMILES string of the molecule is CC/C=C\C/C=C\C/C=C\C/C=C\C/C=C\C/C=C\C/C=C\C/C=C\C/C=C\C/C=C\CCCCC(=O)OCC(COC(=O)CCCCCCCCCCCC)OC(=O)CCCCCCCCCCCCCC. The van der Waals surface area contributed by atoms with Crippen molar-refractivity contribution in [2.24, 2.45) is 0 Å². The van der Waals surface area contributed by atoms with Crippen molar-refractivity contribution in [1.29, 1.82) is 0 Å². The Labute approximate surface area is 450 Å². The first kappa shape index (κ1) is 68.8. The summed E-state index contributed by atoms with van der Waals surface area (Å²) in [5.74, 6) is -0.937. The van der Waals surface area contributed by atoms with Gasteiger partial charge < -0.3 is 14.2 Å². The quantitative estimate of drug-likeness (QED) is 0.0261. The Bertz CT molecular complexity index is 1540. The zero-order valence-corrected chi connectivity index (χ0v) is 47.4. The van der Waals surface area contributed by atoms with Crippen LogP contribution in [0.5, 0.6) is 0 Å².